The van der Waals surface area contributed by atoms with E-state index in [1.165, 1.54) is 0 Å². The molecule has 2 rings (SSSR count). The molecule has 0 spiro atoms. The Balaban J connectivity index is 2.09. The van der Waals surface area contributed by atoms with Gasteiger partial charge in [-0.25, -0.2) is 14.4 Å². The summed E-state index contributed by atoms with van der Waals surface area (Å²) in [7, 11) is 0. The van der Waals surface area contributed by atoms with Crippen molar-refractivity contribution in [3.05, 3.63) is 60.2 Å². The highest BCUT2D eigenvalue weighted by molar-refractivity contribution is 5.83. The second kappa shape index (κ2) is 11.1. The number of carboxylic acid groups (broad SMARTS) is 2. The van der Waals surface area contributed by atoms with Gasteiger partial charge in [0.25, 0.3) is 0 Å². The molecule has 0 fully saturated rings. The minimum atomic E-state index is -1.75. The Morgan fingerprint density at radius 1 is 0.871 bits per heavy atom. The summed E-state index contributed by atoms with van der Waals surface area (Å²) < 4.78 is 0. The maximum Gasteiger partial charge on any atom is 0.334 e. The van der Waals surface area contributed by atoms with E-state index in [4.69, 9.17) is 5.11 Å². The third-order valence-electron chi connectivity index (χ3n) is 4.65. The van der Waals surface area contributed by atoms with Gasteiger partial charge in [0.15, 0.2) is 6.10 Å². The number of aliphatic hydroxyl groups is 1. The molecule has 0 bridgehead atoms. The molecule has 166 valence electrons. The van der Waals surface area contributed by atoms with E-state index in [-0.39, 0.29) is 18.9 Å². The zero-order chi connectivity index (χ0) is 23.0. The summed E-state index contributed by atoms with van der Waals surface area (Å²) in [5.74, 6) is -2.65. The van der Waals surface area contributed by atoms with Crippen LogP contribution >= 0.6 is 0 Å². The smallest absolute Gasteiger partial charge is 0.334 e. The lowest BCUT2D eigenvalue weighted by atomic mass is 10.0. The Labute approximate surface area is 181 Å². The summed E-state index contributed by atoms with van der Waals surface area (Å²) >= 11 is 0. The number of hydrogen-bond donors (Lipinski definition) is 4. The van der Waals surface area contributed by atoms with Crippen LogP contribution in [0.3, 0.4) is 0 Å². The van der Waals surface area contributed by atoms with E-state index in [2.05, 4.69) is 5.32 Å². The topological polar surface area (TPSA) is 127 Å². The molecule has 8 heteroatoms. The van der Waals surface area contributed by atoms with Crippen LogP contribution in [0.4, 0.5) is 4.79 Å². The van der Waals surface area contributed by atoms with Crippen molar-refractivity contribution in [1.82, 2.24) is 10.2 Å². The molecule has 0 aliphatic heterocycles. The first-order chi connectivity index (χ1) is 14.7. The average Bonchev–Trinajstić information content (AvgIpc) is 2.73. The predicted octanol–water partition coefficient (Wildman–Crippen LogP) is 2.46. The Kier molecular flexibility index (Phi) is 8.57. The number of nitrogens with zero attached hydrogens (tertiary/aromatic N) is 1. The van der Waals surface area contributed by atoms with E-state index in [9.17, 15) is 24.6 Å². The van der Waals surface area contributed by atoms with Gasteiger partial charge in [0.2, 0.25) is 0 Å². The van der Waals surface area contributed by atoms with Gasteiger partial charge in [0, 0.05) is 13.0 Å². The van der Waals surface area contributed by atoms with Crippen LogP contribution in [0.5, 0.6) is 0 Å². The van der Waals surface area contributed by atoms with Gasteiger partial charge in [-0.05, 0) is 22.6 Å². The summed E-state index contributed by atoms with van der Waals surface area (Å²) in [6.07, 6.45) is -1.69. The van der Waals surface area contributed by atoms with Crippen LogP contribution < -0.4 is 5.32 Å². The normalized spacial score (nSPS) is 12.8. The molecule has 2 atom stereocenters. The Bertz CT molecular complexity index is 883. The second-order valence-corrected chi connectivity index (χ2v) is 7.76. The van der Waals surface area contributed by atoms with Gasteiger partial charge in [0.05, 0.1) is 6.54 Å². The van der Waals surface area contributed by atoms with Gasteiger partial charge in [-0.3, -0.25) is 0 Å². The van der Waals surface area contributed by atoms with Crippen molar-refractivity contribution in [2.45, 2.75) is 32.4 Å². The molecule has 0 heterocycles. The molecule has 2 aromatic rings. The lowest BCUT2D eigenvalue weighted by molar-refractivity contribution is -0.147. The number of hydrogen-bond acceptors (Lipinski definition) is 4. The molecular weight excluding hydrogens is 400 g/mol. The number of carbonyl (C=O) groups excluding carboxylic acids is 1. The number of rotatable bonds is 10. The van der Waals surface area contributed by atoms with Gasteiger partial charge in [-0.15, -0.1) is 0 Å². The fourth-order valence-corrected chi connectivity index (χ4v) is 3.11. The molecule has 0 saturated heterocycles. The van der Waals surface area contributed by atoms with Crippen LogP contribution in [0.1, 0.15) is 19.4 Å². The van der Waals surface area contributed by atoms with Crippen LogP contribution in [0.25, 0.3) is 11.1 Å². The molecule has 0 saturated carbocycles. The highest BCUT2D eigenvalue weighted by atomic mass is 16.4. The number of carboxylic acids is 2. The quantitative estimate of drug-likeness (QED) is 0.460. The van der Waals surface area contributed by atoms with E-state index < -0.39 is 36.7 Å². The highest BCUT2D eigenvalue weighted by Gasteiger charge is 2.27. The van der Waals surface area contributed by atoms with Crippen molar-refractivity contribution in [2.24, 2.45) is 5.92 Å². The van der Waals surface area contributed by atoms with Crippen molar-refractivity contribution in [3.8, 4) is 11.1 Å². The maximum atomic E-state index is 12.6. The van der Waals surface area contributed by atoms with Gasteiger partial charge in [-0.2, -0.15) is 0 Å². The van der Waals surface area contributed by atoms with E-state index >= 15 is 0 Å². The second-order valence-electron chi connectivity index (χ2n) is 7.76. The molecule has 0 aromatic heterocycles. The minimum Gasteiger partial charge on any atom is -0.480 e. The average molecular weight is 428 g/mol. The zero-order valence-corrected chi connectivity index (χ0v) is 17.6. The van der Waals surface area contributed by atoms with Crippen molar-refractivity contribution in [3.63, 3.8) is 0 Å². The fourth-order valence-electron chi connectivity index (χ4n) is 3.11. The Morgan fingerprint density at radius 2 is 1.45 bits per heavy atom. The molecule has 2 amide bonds. The first-order valence-corrected chi connectivity index (χ1v) is 10.0. The summed E-state index contributed by atoms with van der Waals surface area (Å²) in [4.78, 5) is 36.4. The predicted molar refractivity (Wildman–Crippen MR) is 116 cm³/mol. The number of nitrogens with one attached hydrogen (secondary N) is 1. The molecule has 0 aliphatic rings. The summed E-state index contributed by atoms with van der Waals surface area (Å²) in [5.41, 5.74) is 2.76. The monoisotopic (exact) mass is 428 g/mol. The van der Waals surface area contributed by atoms with Crippen LogP contribution in [-0.2, 0) is 16.0 Å². The molecule has 0 radical (unpaired) electrons. The molecular formula is C23H28N2O6. The first-order valence-electron chi connectivity index (χ1n) is 10.0. The summed E-state index contributed by atoms with van der Waals surface area (Å²) in [5, 5.41) is 30.6. The summed E-state index contributed by atoms with van der Waals surface area (Å²) in [6.45, 7) is 3.40. The van der Waals surface area contributed by atoms with Gasteiger partial charge >= 0.3 is 18.0 Å². The molecule has 0 unspecified atom stereocenters. The van der Waals surface area contributed by atoms with Crippen molar-refractivity contribution in [1.29, 1.82) is 0 Å². The number of carbonyl (C=O) groups is 3. The maximum absolute atomic E-state index is 12.6. The van der Waals surface area contributed by atoms with Gasteiger partial charge in [-0.1, -0.05) is 68.4 Å². The van der Waals surface area contributed by atoms with Crippen molar-refractivity contribution >= 4 is 18.0 Å². The van der Waals surface area contributed by atoms with Gasteiger partial charge < -0.3 is 25.5 Å². The molecule has 8 nitrogen and oxygen atoms in total. The van der Waals surface area contributed by atoms with Crippen LogP contribution in [0, 0.1) is 5.92 Å². The number of urea groups is 1. The standard InChI is InChI=1S/C23H28N2O6/c1-15(2)13-25(14-20(26)22(29)30)23(31)24-19(21(27)28)12-16-8-10-18(11-9-16)17-6-4-3-5-7-17/h3-11,15,19-20,26H,12-14H2,1-2H3,(H,24,31)(H,27,28)(H,29,30)/t19-,20-/m1/s1. The molecule has 2 aromatic carbocycles. The third-order valence-corrected chi connectivity index (χ3v) is 4.65. The van der Waals surface area contributed by atoms with Crippen LogP contribution in [0.15, 0.2) is 54.6 Å². The number of aliphatic hydroxyl groups excluding tert-OH is 1. The van der Waals surface area contributed by atoms with Crippen molar-refractivity contribution < 1.29 is 29.7 Å². The number of aliphatic carboxylic acids is 2. The van der Waals surface area contributed by atoms with E-state index in [1.807, 2.05) is 68.4 Å². The molecule has 0 aliphatic carbocycles. The fraction of sp³-hybridized carbons (Fsp3) is 0.348. The summed E-state index contributed by atoms with van der Waals surface area (Å²) in [6, 6.07) is 15.2. The highest BCUT2D eigenvalue weighted by Crippen LogP contribution is 2.19. The largest absolute Gasteiger partial charge is 0.480 e. The van der Waals surface area contributed by atoms with Crippen LogP contribution in [-0.4, -0.2) is 63.4 Å². The van der Waals surface area contributed by atoms with E-state index in [1.54, 1.807) is 0 Å². The van der Waals surface area contributed by atoms with Crippen LogP contribution in [0.2, 0.25) is 0 Å². The van der Waals surface area contributed by atoms with E-state index in [0.717, 1.165) is 21.6 Å². The third kappa shape index (κ3) is 7.42. The molecule has 31 heavy (non-hydrogen) atoms. The Morgan fingerprint density at radius 3 is 1.97 bits per heavy atom. The zero-order valence-electron chi connectivity index (χ0n) is 17.6. The lowest BCUT2D eigenvalue weighted by Gasteiger charge is -2.27. The lowest BCUT2D eigenvalue weighted by Crippen LogP contribution is -2.52. The van der Waals surface area contributed by atoms with Crippen molar-refractivity contribution in [2.75, 3.05) is 13.1 Å². The first kappa shape index (κ1) is 23.9. The van der Waals surface area contributed by atoms with Gasteiger partial charge in [0.1, 0.15) is 6.04 Å². The number of benzene rings is 2. The Hall–Kier alpha value is -3.39. The number of amides is 2. The minimum absolute atomic E-state index is 0.000513. The molecule has 4 N–H and O–H groups in total. The van der Waals surface area contributed by atoms with E-state index in [0.29, 0.717) is 0 Å². The SMILES string of the molecule is CC(C)CN(C[C@@H](O)C(=O)O)C(=O)N[C@H](Cc1ccc(-c2ccccc2)cc1)C(=O)O.